The van der Waals surface area contributed by atoms with Gasteiger partial charge >= 0.3 is 0 Å². The molecule has 0 amide bonds. The summed E-state index contributed by atoms with van der Waals surface area (Å²) in [6.07, 6.45) is 1.07. The fourth-order valence-electron chi connectivity index (χ4n) is 2.23. The lowest BCUT2D eigenvalue weighted by molar-refractivity contribution is -0.116. The van der Waals surface area contributed by atoms with Crippen molar-refractivity contribution in [2.75, 3.05) is 0 Å². The third-order valence-electron chi connectivity index (χ3n) is 3.21. The molecule has 0 bridgehead atoms. The number of aromatic nitrogens is 2. The number of ketones is 2. The Morgan fingerprint density at radius 3 is 2.90 bits per heavy atom. The first-order valence-corrected chi connectivity index (χ1v) is 6.77. The van der Waals surface area contributed by atoms with Gasteiger partial charge in [-0.2, -0.15) is 0 Å². The zero-order valence-corrected chi connectivity index (χ0v) is 11.0. The summed E-state index contributed by atoms with van der Waals surface area (Å²) in [5.41, 5.74) is -0.0463. The minimum Gasteiger partial charge on any atom is -0.511 e. The predicted octanol–water partition coefficient (Wildman–Crippen LogP) is 2.58. The normalized spacial score (nSPS) is 15.9. The molecule has 0 unspecified atom stereocenters. The van der Waals surface area contributed by atoms with Gasteiger partial charge in [-0.25, -0.2) is 4.39 Å². The molecular formula is C13H9FN2O3S. The van der Waals surface area contributed by atoms with E-state index < -0.39 is 11.6 Å². The van der Waals surface area contributed by atoms with Crippen molar-refractivity contribution < 1.29 is 19.1 Å². The number of hydrogen-bond acceptors (Lipinski definition) is 6. The lowest BCUT2D eigenvalue weighted by atomic mass is 9.90. The molecular weight excluding hydrogens is 283 g/mol. The molecule has 0 spiro atoms. The smallest absolute Gasteiger partial charge is 0.201 e. The summed E-state index contributed by atoms with van der Waals surface area (Å²) < 4.78 is 17.4. The number of benzene rings is 1. The van der Waals surface area contributed by atoms with Crippen LogP contribution in [0.4, 0.5) is 4.39 Å². The van der Waals surface area contributed by atoms with Gasteiger partial charge in [-0.05, 0) is 30.1 Å². The van der Waals surface area contributed by atoms with Crippen LogP contribution in [0.2, 0.25) is 0 Å². The summed E-state index contributed by atoms with van der Waals surface area (Å²) in [7, 11) is 0. The van der Waals surface area contributed by atoms with Gasteiger partial charge < -0.3 is 5.11 Å². The number of rotatable bonds is 2. The van der Waals surface area contributed by atoms with Crippen molar-refractivity contribution in [2.45, 2.75) is 19.3 Å². The van der Waals surface area contributed by atoms with Crippen molar-refractivity contribution in [3.63, 3.8) is 0 Å². The van der Waals surface area contributed by atoms with Gasteiger partial charge in [0.1, 0.15) is 16.8 Å². The molecule has 102 valence electrons. The second kappa shape index (κ2) is 4.75. The van der Waals surface area contributed by atoms with E-state index in [0.717, 1.165) is 17.6 Å². The largest absolute Gasteiger partial charge is 0.511 e. The number of carbonyl (C=O) groups excluding carboxylic acids is 2. The van der Waals surface area contributed by atoms with Crippen molar-refractivity contribution in [1.29, 1.82) is 0 Å². The van der Waals surface area contributed by atoms with E-state index in [9.17, 15) is 19.1 Å². The second-order valence-corrected chi connectivity index (χ2v) is 5.23. The Hall–Kier alpha value is -2.15. The zero-order chi connectivity index (χ0) is 14.3. The number of hydrogen-bond donors (Lipinski definition) is 1. The number of Topliss-reactive ketones (excluding diaryl/α,β-unsaturated/α-hetero) is 2. The van der Waals surface area contributed by atoms with Crippen LogP contribution in [-0.4, -0.2) is 26.3 Å². The summed E-state index contributed by atoms with van der Waals surface area (Å²) >= 11 is 0.885. The van der Waals surface area contributed by atoms with Crippen LogP contribution in [0.15, 0.2) is 23.5 Å². The Bertz CT molecular complexity index is 766. The van der Waals surface area contributed by atoms with E-state index in [2.05, 4.69) is 9.59 Å². The number of aliphatic hydroxyl groups excluding tert-OH is 1. The molecule has 1 aliphatic carbocycles. The van der Waals surface area contributed by atoms with Gasteiger partial charge in [0.2, 0.25) is 5.78 Å². The summed E-state index contributed by atoms with van der Waals surface area (Å²) in [6.45, 7) is 0. The molecule has 1 heterocycles. The predicted molar refractivity (Wildman–Crippen MR) is 70.2 cm³/mol. The van der Waals surface area contributed by atoms with Crippen LogP contribution < -0.4 is 0 Å². The van der Waals surface area contributed by atoms with Crippen LogP contribution in [0.5, 0.6) is 0 Å². The topological polar surface area (TPSA) is 80.1 Å². The number of halogens is 1. The molecule has 20 heavy (non-hydrogen) atoms. The van der Waals surface area contributed by atoms with Crippen LogP contribution >= 0.6 is 11.5 Å². The van der Waals surface area contributed by atoms with Crippen LogP contribution in [-0.2, 0) is 4.79 Å². The molecule has 1 aliphatic rings. The zero-order valence-electron chi connectivity index (χ0n) is 10.2. The summed E-state index contributed by atoms with van der Waals surface area (Å²) in [5.74, 6) is -1.74. The van der Waals surface area contributed by atoms with E-state index in [0.29, 0.717) is 12.8 Å². The molecule has 0 saturated heterocycles. The van der Waals surface area contributed by atoms with Gasteiger partial charge in [-0.15, -0.1) is 5.10 Å². The molecule has 0 radical (unpaired) electrons. The van der Waals surface area contributed by atoms with Crippen molar-refractivity contribution in [3.8, 4) is 0 Å². The van der Waals surface area contributed by atoms with E-state index in [-0.39, 0.29) is 39.3 Å². The van der Waals surface area contributed by atoms with E-state index in [4.69, 9.17) is 0 Å². The molecule has 3 rings (SSSR count). The van der Waals surface area contributed by atoms with E-state index in [1.165, 1.54) is 6.07 Å². The Kier molecular flexibility index (Phi) is 3.06. The highest BCUT2D eigenvalue weighted by atomic mass is 32.1. The number of carbonyl (C=O) groups is 2. The first-order valence-electron chi connectivity index (χ1n) is 6.00. The molecule has 1 aromatic heterocycles. The number of fused-ring (bicyclic) bond motifs is 1. The summed E-state index contributed by atoms with van der Waals surface area (Å²) in [6, 6.07) is 2.41. The minimum atomic E-state index is -0.594. The maximum absolute atomic E-state index is 13.5. The maximum atomic E-state index is 13.5. The van der Waals surface area contributed by atoms with Gasteiger partial charge in [0.15, 0.2) is 11.6 Å². The Labute approximate surface area is 116 Å². The molecule has 0 fully saturated rings. The lowest BCUT2D eigenvalue weighted by Crippen LogP contribution is -2.19. The van der Waals surface area contributed by atoms with E-state index in [1.807, 2.05) is 0 Å². The fourth-order valence-corrected chi connectivity index (χ4v) is 2.92. The average molecular weight is 292 g/mol. The van der Waals surface area contributed by atoms with Crippen molar-refractivity contribution in [1.82, 2.24) is 9.59 Å². The minimum absolute atomic E-state index is 0.00389. The molecule has 0 saturated carbocycles. The molecule has 7 heteroatoms. The van der Waals surface area contributed by atoms with Gasteiger partial charge in [0.05, 0.1) is 4.70 Å². The number of nitrogens with zero attached hydrogens (tertiary/aromatic N) is 2. The first kappa shape index (κ1) is 12.9. The third-order valence-corrected chi connectivity index (χ3v) is 3.97. The van der Waals surface area contributed by atoms with Crippen molar-refractivity contribution >= 4 is 33.3 Å². The molecule has 2 aromatic rings. The lowest BCUT2D eigenvalue weighted by Gasteiger charge is -2.14. The van der Waals surface area contributed by atoms with Crippen LogP contribution in [0, 0.1) is 5.82 Å². The Balaban J connectivity index is 2.16. The highest BCUT2D eigenvalue weighted by Gasteiger charge is 2.29. The van der Waals surface area contributed by atoms with Crippen LogP contribution in [0.1, 0.15) is 29.6 Å². The van der Waals surface area contributed by atoms with E-state index in [1.54, 1.807) is 0 Å². The maximum Gasteiger partial charge on any atom is 0.201 e. The Morgan fingerprint density at radius 1 is 1.35 bits per heavy atom. The summed E-state index contributed by atoms with van der Waals surface area (Å²) in [5, 5.41) is 13.4. The van der Waals surface area contributed by atoms with Crippen molar-refractivity contribution in [2.24, 2.45) is 0 Å². The van der Waals surface area contributed by atoms with Crippen molar-refractivity contribution in [3.05, 3.63) is 34.8 Å². The summed E-state index contributed by atoms with van der Waals surface area (Å²) in [4.78, 5) is 24.3. The number of aliphatic hydroxyl groups is 1. The van der Waals surface area contributed by atoms with Crippen LogP contribution in [0.25, 0.3) is 10.2 Å². The highest BCUT2D eigenvalue weighted by molar-refractivity contribution is 7.13. The highest BCUT2D eigenvalue weighted by Crippen LogP contribution is 2.29. The van der Waals surface area contributed by atoms with Gasteiger partial charge in [0, 0.05) is 18.4 Å². The SMILES string of the molecule is O=C1CCCC(O)=C1C(=O)c1ccc(F)c2nnsc12. The fraction of sp³-hybridized carbons (Fsp3) is 0.231. The monoisotopic (exact) mass is 292 g/mol. The molecule has 5 nitrogen and oxygen atoms in total. The Morgan fingerprint density at radius 2 is 2.15 bits per heavy atom. The first-order chi connectivity index (χ1) is 9.59. The number of allylic oxidation sites excluding steroid dienone is 2. The second-order valence-electron chi connectivity index (χ2n) is 4.47. The molecule has 1 N–H and O–H groups in total. The molecule has 0 atom stereocenters. The molecule has 1 aromatic carbocycles. The van der Waals surface area contributed by atoms with Crippen LogP contribution in [0.3, 0.4) is 0 Å². The van der Waals surface area contributed by atoms with Gasteiger partial charge in [-0.1, -0.05) is 4.49 Å². The van der Waals surface area contributed by atoms with Gasteiger partial charge in [-0.3, -0.25) is 9.59 Å². The third kappa shape index (κ3) is 1.90. The average Bonchev–Trinajstić information content (AvgIpc) is 2.89. The van der Waals surface area contributed by atoms with E-state index >= 15 is 0 Å². The quantitative estimate of drug-likeness (QED) is 0.679. The molecule has 0 aliphatic heterocycles. The standard InChI is InChI=1S/C13H9FN2O3S/c14-7-5-4-6(13-11(7)15-16-20-13)12(19)10-8(17)2-1-3-9(10)18/h4-5,17H,1-3H2. The van der Waals surface area contributed by atoms with Gasteiger partial charge in [0.25, 0.3) is 0 Å².